The van der Waals surface area contributed by atoms with Gasteiger partial charge in [0, 0.05) is 57.5 Å². The first-order valence-electron chi connectivity index (χ1n) is 11.6. The van der Waals surface area contributed by atoms with Gasteiger partial charge >= 0.3 is 6.09 Å². The van der Waals surface area contributed by atoms with Crippen molar-refractivity contribution in [3.8, 4) is 0 Å². The van der Waals surface area contributed by atoms with Crippen LogP contribution in [-0.4, -0.2) is 73.3 Å². The SMILES string of the molecule is CC1CNCC(N2CCc3cc(N4CCN(C(=O)OC(C)(C)C)CC4)ccc3C2)C1. The summed E-state index contributed by atoms with van der Waals surface area (Å²) < 4.78 is 5.52. The smallest absolute Gasteiger partial charge is 0.410 e. The van der Waals surface area contributed by atoms with E-state index in [4.69, 9.17) is 4.74 Å². The van der Waals surface area contributed by atoms with Gasteiger partial charge in [-0.3, -0.25) is 4.90 Å². The molecule has 3 heterocycles. The maximum atomic E-state index is 12.3. The number of piperidine rings is 1. The number of nitrogens with zero attached hydrogens (tertiary/aromatic N) is 3. The summed E-state index contributed by atoms with van der Waals surface area (Å²) in [6.07, 6.45) is 2.24. The summed E-state index contributed by atoms with van der Waals surface area (Å²) in [6.45, 7) is 15.8. The average molecular weight is 415 g/mol. The van der Waals surface area contributed by atoms with Crippen molar-refractivity contribution in [3.05, 3.63) is 29.3 Å². The molecule has 1 amide bonds. The molecule has 166 valence electrons. The Morgan fingerprint density at radius 1 is 1.07 bits per heavy atom. The second-order valence-electron chi connectivity index (χ2n) is 10.3. The molecule has 0 saturated carbocycles. The Morgan fingerprint density at radius 3 is 2.53 bits per heavy atom. The van der Waals surface area contributed by atoms with Gasteiger partial charge in [-0.25, -0.2) is 4.79 Å². The highest BCUT2D eigenvalue weighted by Gasteiger charge is 2.29. The molecule has 0 spiro atoms. The van der Waals surface area contributed by atoms with E-state index in [2.05, 4.69) is 40.2 Å². The predicted molar refractivity (Wildman–Crippen MR) is 121 cm³/mol. The Labute approximate surface area is 181 Å². The van der Waals surface area contributed by atoms with Gasteiger partial charge in [0.25, 0.3) is 0 Å². The van der Waals surface area contributed by atoms with Crippen molar-refractivity contribution < 1.29 is 9.53 Å². The standard InChI is InChI=1S/C24H38N4O2/c1-18-13-22(16-25-15-18)28-8-7-19-14-21(6-5-20(19)17-28)26-9-11-27(12-10-26)23(29)30-24(2,3)4/h5-6,14,18,22,25H,7-13,15-17H2,1-4H3. The van der Waals surface area contributed by atoms with E-state index >= 15 is 0 Å². The minimum atomic E-state index is -0.438. The molecule has 30 heavy (non-hydrogen) atoms. The zero-order valence-electron chi connectivity index (χ0n) is 19.1. The van der Waals surface area contributed by atoms with Gasteiger partial charge in [0.05, 0.1) is 0 Å². The molecule has 2 fully saturated rings. The van der Waals surface area contributed by atoms with Crippen LogP contribution in [0.5, 0.6) is 0 Å². The molecule has 6 heteroatoms. The fourth-order valence-electron chi connectivity index (χ4n) is 4.95. The quantitative estimate of drug-likeness (QED) is 0.806. The van der Waals surface area contributed by atoms with Crippen molar-refractivity contribution in [1.29, 1.82) is 0 Å². The average Bonchev–Trinajstić information content (AvgIpc) is 2.72. The lowest BCUT2D eigenvalue weighted by atomic mass is 9.92. The van der Waals surface area contributed by atoms with Gasteiger partial charge < -0.3 is 19.9 Å². The van der Waals surface area contributed by atoms with E-state index in [0.717, 1.165) is 51.6 Å². The number of nitrogens with one attached hydrogen (secondary N) is 1. The molecule has 0 aliphatic carbocycles. The van der Waals surface area contributed by atoms with Crippen LogP contribution >= 0.6 is 0 Å². The molecule has 0 radical (unpaired) electrons. The third-order valence-corrected chi connectivity index (χ3v) is 6.59. The highest BCUT2D eigenvalue weighted by molar-refractivity contribution is 5.68. The number of ether oxygens (including phenoxy) is 1. The first-order valence-corrected chi connectivity index (χ1v) is 11.6. The molecule has 3 aliphatic rings. The minimum absolute atomic E-state index is 0.195. The van der Waals surface area contributed by atoms with Crippen LogP contribution in [0.15, 0.2) is 18.2 Å². The Bertz CT molecular complexity index is 752. The van der Waals surface area contributed by atoms with E-state index in [1.165, 1.54) is 23.2 Å². The second kappa shape index (κ2) is 8.75. The molecule has 0 bridgehead atoms. The Balaban J connectivity index is 1.34. The van der Waals surface area contributed by atoms with Crippen LogP contribution in [0.4, 0.5) is 10.5 Å². The lowest BCUT2D eigenvalue weighted by Gasteiger charge is -2.40. The minimum Gasteiger partial charge on any atom is -0.444 e. The fraction of sp³-hybridized carbons (Fsp3) is 0.708. The van der Waals surface area contributed by atoms with Crippen LogP contribution in [0.25, 0.3) is 0 Å². The van der Waals surface area contributed by atoms with E-state index in [1.807, 2.05) is 25.7 Å². The van der Waals surface area contributed by atoms with Crippen molar-refractivity contribution in [1.82, 2.24) is 15.1 Å². The highest BCUT2D eigenvalue weighted by atomic mass is 16.6. The molecular weight excluding hydrogens is 376 g/mol. The zero-order chi connectivity index (χ0) is 21.3. The second-order valence-corrected chi connectivity index (χ2v) is 10.3. The molecule has 3 aliphatic heterocycles. The number of piperazine rings is 1. The van der Waals surface area contributed by atoms with Gasteiger partial charge in [0.1, 0.15) is 5.60 Å². The molecule has 2 saturated heterocycles. The highest BCUT2D eigenvalue weighted by Crippen LogP contribution is 2.28. The van der Waals surface area contributed by atoms with Crippen molar-refractivity contribution in [2.45, 2.75) is 58.7 Å². The van der Waals surface area contributed by atoms with Crippen LogP contribution in [0, 0.1) is 5.92 Å². The molecule has 4 rings (SSSR count). The van der Waals surface area contributed by atoms with Crippen LogP contribution in [-0.2, 0) is 17.7 Å². The van der Waals surface area contributed by atoms with Crippen molar-refractivity contribution in [2.24, 2.45) is 5.92 Å². The van der Waals surface area contributed by atoms with E-state index in [-0.39, 0.29) is 6.09 Å². The van der Waals surface area contributed by atoms with Crippen molar-refractivity contribution in [3.63, 3.8) is 0 Å². The number of rotatable bonds is 2. The van der Waals surface area contributed by atoms with Crippen LogP contribution in [0.3, 0.4) is 0 Å². The molecule has 6 nitrogen and oxygen atoms in total. The number of hydrogen-bond acceptors (Lipinski definition) is 5. The largest absolute Gasteiger partial charge is 0.444 e. The van der Waals surface area contributed by atoms with E-state index < -0.39 is 5.60 Å². The molecule has 2 atom stereocenters. The first kappa shape index (κ1) is 21.4. The Kier molecular flexibility index (Phi) is 6.26. The van der Waals surface area contributed by atoms with E-state index in [1.54, 1.807) is 0 Å². The summed E-state index contributed by atoms with van der Waals surface area (Å²) in [4.78, 5) is 19.2. The molecule has 1 aromatic rings. The van der Waals surface area contributed by atoms with Crippen molar-refractivity contribution in [2.75, 3.05) is 50.7 Å². The van der Waals surface area contributed by atoms with E-state index in [9.17, 15) is 4.79 Å². The van der Waals surface area contributed by atoms with Gasteiger partial charge in [-0.15, -0.1) is 0 Å². The van der Waals surface area contributed by atoms with Gasteiger partial charge in [0.15, 0.2) is 0 Å². The lowest BCUT2D eigenvalue weighted by molar-refractivity contribution is 0.0240. The summed E-state index contributed by atoms with van der Waals surface area (Å²) in [6, 6.07) is 7.66. The van der Waals surface area contributed by atoms with Gasteiger partial charge in [0.2, 0.25) is 0 Å². The fourth-order valence-corrected chi connectivity index (χ4v) is 4.95. The molecule has 1 aromatic carbocycles. The third kappa shape index (κ3) is 5.09. The molecule has 2 unspecified atom stereocenters. The van der Waals surface area contributed by atoms with Gasteiger partial charge in [-0.05, 0) is 69.3 Å². The van der Waals surface area contributed by atoms with Gasteiger partial charge in [-0.2, -0.15) is 0 Å². The number of fused-ring (bicyclic) bond motifs is 1. The van der Waals surface area contributed by atoms with Crippen molar-refractivity contribution >= 4 is 11.8 Å². The maximum absolute atomic E-state index is 12.3. The number of amides is 1. The van der Waals surface area contributed by atoms with Gasteiger partial charge in [-0.1, -0.05) is 13.0 Å². The lowest BCUT2D eigenvalue weighted by Crippen LogP contribution is -2.50. The Morgan fingerprint density at radius 2 is 1.83 bits per heavy atom. The third-order valence-electron chi connectivity index (χ3n) is 6.59. The number of anilines is 1. The Hall–Kier alpha value is -1.79. The normalized spacial score (nSPS) is 25.7. The first-order chi connectivity index (χ1) is 14.3. The van der Waals surface area contributed by atoms with Crippen LogP contribution in [0.1, 0.15) is 45.2 Å². The topological polar surface area (TPSA) is 48.0 Å². The van der Waals surface area contributed by atoms with E-state index in [0.29, 0.717) is 19.1 Å². The summed E-state index contributed by atoms with van der Waals surface area (Å²) >= 11 is 0. The zero-order valence-corrected chi connectivity index (χ0v) is 19.1. The summed E-state index contributed by atoms with van der Waals surface area (Å²) in [5, 5.41) is 3.60. The number of benzene rings is 1. The molecule has 1 N–H and O–H groups in total. The maximum Gasteiger partial charge on any atom is 0.410 e. The van der Waals surface area contributed by atoms with Crippen LogP contribution < -0.4 is 10.2 Å². The molecule has 0 aromatic heterocycles. The summed E-state index contributed by atoms with van der Waals surface area (Å²) in [5.41, 5.74) is 3.83. The summed E-state index contributed by atoms with van der Waals surface area (Å²) in [5.74, 6) is 0.770. The predicted octanol–water partition coefficient (Wildman–Crippen LogP) is 3.10. The monoisotopic (exact) mass is 414 g/mol. The number of hydrogen-bond donors (Lipinski definition) is 1. The summed E-state index contributed by atoms with van der Waals surface area (Å²) in [7, 11) is 0. The van der Waals surface area contributed by atoms with Crippen LogP contribution in [0.2, 0.25) is 0 Å². The molecular formula is C24H38N4O2. The number of carbonyl (C=O) groups is 1. The number of carbonyl (C=O) groups excluding carboxylic acids is 1.